The first kappa shape index (κ1) is 39.0. The lowest BCUT2D eigenvalue weighted by Crippen LogP contribution is -2.58. The molecular weight excluding hydrogens is 745 g/mol. The molecule has 5 aromatic rings. The maximum absolute atomic E-state index is 13.8. The zero-order chi connectivity index (χ0) is 40.2. The first-order chi connectivity index (χ1) is 28.3. The molecule has 3 aliphatic rings. The number of ether oxygens (including phenoxy) is 4. The van der Waals surface area contributed by atoms with Crippen molar-refractivity contribution >= 4 is 17.9 Å². The lowest BCUT2D eigenvalue weighted by molar-refractivity contribution is -0.336. The fraction of sp³-hybridized carbons (Fsp3) is 0.415. The largest absolute Gasteiger partial charge is 0.453 e. The molecule has 3 aromatic heterocycles. The number of carbonyl (C=O) groups excluding carboxylic acids is 3. The maximum atomic E-state index is 13.8. The summed E-state index contributed by atoms with van der Waals surface area (Å²) in [7, 11) is 2.85. The predicted molar refractivity (Wildman–Crippen MR) is 210 cm³/mol. The van der Waals surface area contributed by atoms with Gasteiger partial charge in [-0.3, -0.25) is 19.6 Å². The maximum Gasteiger partial charge on any atom is 0.407 e. The van der Waals surface area contributed by atoms with Gasteiger partial charge in [0, 0.05) is 32.6 Å². The minimum absolute atomic E-state index is 0.0770. The highest BCUT2D eigenvalue weighted by Gasteiger charge is 2.40. The van der Waals surface area contributed by atoms with Crippen molar-refractivity contribution < 1.29 is 33.3 Å². The minimum atomic E-state index is -0.850. The number of benzene rings is 2. The Morgan fingerprint density at radius 3 is 1.86 bits per heavy atom. The van der Waals surface area contributed by atoms with E-state index in [1.165, 1.54) is 7.11 Å². The van der Waals surface area contributed by atoms with Crippen molar-refractivity contribution in [3.05, 3.63) is 91.0 Å². The molecule has 4 N–H and O–H groups in total. The van der Waals surface area contributed by atoms with E-state index < -0.39 is 24.6 Å². The average Bonchev–Trinajstić information content (AvgIpc) is 4.09. The van der Waals surface area contributed by atoms with E-state index in [0.29, 0.717) is 18.9 Å². The number of hydrogen-bond donors (Lipinski definition) is 4. The minimum Gasteiger partial charge on any atom is -0.453 e. The SMILES string of the molecule is COC(=O)N[C@@H](Cn1cccn1)C(=O)N1CCC[C@H]1c1ncc(-c2ccc(-c3ccc(-c4cnc([C@@H]5CCCN5C(=O)[C@@H](NC5OCO5)[C@@H](C)OC)[nH]4)cc3)cc2)[nH]1. The number of carbonyl (C=O) groups is 3. The highest BCUT2D eigenvalue weighted by molar-refractivity contribution is 5.86. The lowest BCUT2D eigenvalue weighted by Gasteiger charge is -2.35. The topological polar surface area (TPSA) is 194 Å². The number of amides is 3. The van der Waals surface area contributed by atoms with Crippen LogP contribution in [0.3, 0.4) is 0 Å². The standard InChI is InChI=1S/C41H48N10O7/c1-25(55-2)35(48-41-57-24-58-41)39(53)51-20-5-8-34(51)37-43-22-31(46-37)29-15-11-27(12-16-29)26-9-13-28(14-10-26)30-21-42-36(45-30)33-7-4-19-50(33)38(52)32(47-40(54)56-3)23-49-18-6-17-44-49/h6,9-18,21-22,25,32-35,41,48H,4-5,7-8,19-20,23-24H2,1-3H3,(H,42,45)(H,43,46)(H,47,54)/t25-,32+,33+,34+,35+/m1/s1. The fourth-order valence-electron chi connectivity index (χ4n) is 7.90. The van der Waals surface area contributed by atoms with E-state index in [9.17, 15) is 14.4 Å². The Hall–Kier alpha value is -5.88. The van der Waals surface area contributed by atoms with Gasteiger partial charge in [-0.1, -0.05) is 48.5 Å². The molecule has 3 amide bonds. The fourth-order valence-corrected chi connectivity index (χ4v) is 7.90. The van der Waals surface area contributed by atoms with Crippen LogP contribution < -0.4 is 10.6 Å². The van der Waals surface area contributed by atoms with Crippen molar-refractivity contribution in [1.82, 2.24) is 50.1 Å². The number of alkyl carbamates (subject to hydrolysis) is 1. The first-order valence-corrected chi connectivity index (χ1v) is 19.6. The number of nitrogens with zero attached hydrogens (tertiary/aromatic N) is 6. The number of nitrogens with one attached hydrogen (secondary N) is 4. The number of H-pyrrole nitrogens is 2. The second-order valence-electron chi connectivity index (χ2n) is 14.7. The van der Waals surface area contributed by atoms with Crippen LogP contribution in [0.4, 0.5) is 4.79 Å². The molecule has 0 saturated carbocycles. The van der Waals surface area contributed by atoms with Gasteiger partial charge in [0.2, 0.25) is 18.2 Å². The van der Waals surface area contributed by atoms with Crippen LogP contribution in [-0.2, 0) is 35.1 Å². The van der Waals surface area contributed by atoms with Gasteiger partial charge in [0.1, 0.15) is 23.7 Å². The molecule has 3 saturated heterocycles. The molecule has 304 valence electrons. The van der Waals surface area contributed by atoms with Crippen LogP contribution in [0.2, 0.25) is 0 Å². The number of rotatable bonds is 14. The molecule has 3 fully saturated rings. The quantitative estimate of drug-likeness (QED) is 0.125. The summed E-state index contributed by atoms with van der Waals surface area (Å²) in [5, 5.41) is 10.0. The molecular formula is C41H48N10O7. The molecule has 0 radical (unpaired) electrons. The summed E-state index contributed by atoms with van der Waals surface area (Å²) >= 11 is 0. The van der Waals surface area contributed by atoms with Gasteiger partial charge in [-0.25, -0.2) is 14.8 Å². The summed E-state index contributed by atoms with van der Waals surface area (Å²) in [5.41, 5.74) is 5.78. The highest BCUT2D eigenvalue weighted by Crippen LogP contribution is 2.35. The number of aromatic amines is 2. The van der Waals surface area contributed by atoms with Crippen LogP contribution in [0.25, 0.3) is 33.6 Å². The van der Waals surface area contributed by atoms with E-state index in [4.69, 9.17) is 23.9 Å². The smallest absolute Gasteiger partial charge is 0.407 e. The number of likely N-dealkylation sites (tertiary alicyclic amines) is 2. The van der Waals surface area contributed by atoms with E-state index in [2.05, 4.69) is 67.1 Å². The Labute approximate surface area is 335 Å². The molecule has 17 heteroatoms. The van der Waals surface area contributed by atoms with Crippen LogP contribution >= 0.6 is 0 Å². The third-order valence-electron chi connectivity index (χ3n) is 11.2. The summed E-state index contributed by atoms with van der Waals surface area (Å²) < 4.78 is 22.6. The van der Waals surface area contributed by atoms with E-state index in [0.717, 1.165) is 65.1 Å². The molecule has 17 nitrogen and oxygen atoms in total. The molecule has 0 bridgehead atoms. The van der Waals surface area contributed by atoms with Crippen LogP contribution in [-0.4, -0.2) is 116 Å². The first-order valence-electron chi connectivity index (χ1n) is 19.6. The molecule has 0 unspecified atom stereocenters. The van der Waals surface area contributed by atoms with Gasteiger partial charge in [0.05, 0.1) is 55.6 Å². The normalized spacial score (nSPS) is 19.8. The number of hydrogen-bond acceptors (Lipinski definition) is 11. The second kappa shape index (κ2) is 17.3. The van der Waals surface area contributed by atoms with Crippen molar-refractivity contribution in [2.75, 3.05) is 34.1 Å². The zero-order valence-electron chi connectivity index (χ0n) is 32.7. The van der Waals surface area contributed by atoms with Crippen LogP contribution in [0.5, 0.6) is 0 Å². The van der Waals surface area contributed by atoms with Crippen molar-refractivity contribution in [2.45, 2.75) is 75.8 Å². The Morgan fingerprint density at radius 1 is 0.828 bits per heavy atom. The van der Waals surface area contributed by atoms with E-state index in [1.807, 2.05) is 30.2 Å². The monoisotopic (exact) mass is 792 g/mol. The molecule has 3 aliphatic heterocycles. The summed E-state index contributed by atoms with van der Waals surface area (Å²) in [5.74, 6) is 1.15. The van der Waals surface area contributed by atoms with Gasteiger partial charge in [-0.2, -0.15) is 5.10 Å². The molecule has 6 heterocycles. The summed E-state index contributed by atoms with van der Waals surface area (Å²) in [6, 6.07) is 16.4. The third kappa shape index (κ3) is 8.24. The summed E-state index contributed by atoms with van der Waals surface area (Å²) in [4.78, 5) is 59.6. The molecule has 58 heavy (non-hydrogen) atoms. The Bertz CT molecular complexity index is 2170. The van der Waals surface area contributed by atoms with Gasteiger partial charge in [0.25, 0.3) is 0 Å². The molecule has 0 spiro atoms. The molecule has 8 rings (SSSR count). The Morgan fingerprint density at radius 2 is 1.38 bits per heavy atom. The average molecular weight is 793 g/mol. The van der Waals surface area contributed by atoms with Gasteiger partial charge in [-0.15, -0.1) is 0 Å². The van der Waals surface area contributed by atoms with Crippen molar-refractivity contribution in [3.63, 3.8) is 0 Å². The highest BCUT2D eigenvalue weighted by atomic mass is 16.9. The van der Waals surface area contributed by atoms with E-state index >= 15 is 0 Å². The van der Waals surface area contributed by atoms with Crippen LogP contribution in [0.15, 0.2) is 79.4 Å². The van der Waals surface area contributed by atoms with Crippen LogP contribution in [0, 0.1) is 0 Å². The number of aromatic nitrogens is 6. The predicted octanol–water partition coefficient (Wildman–Crippen LogP) is 4.36. The lowest BCUT2D eigenvalue weighted by atomic mass is 10.0. The third-order valence-corrected chi connectivity index (χ3v) is 11.2. The Balaban J connectivity index is 0.910. The van der Waals surface area contributed by atoms with Gasteiger partial charge in [0.15, 0.2) is 6.79 Å². The van der Waals surface area contributed by atoms with Crippen molar-refractivity contribution in [3.8, 4) is 33.6 Å². The van der Waals surface area contributed by atoms with E-state index in [1.54, 1.807) is 41.3 Å². The van der Waals surface area contributed by atoms with Gasteiger partial charge in [-0.05, 0) is 60.9 Å². The molecule has 2 aromatic carbocycles. The Kier molecular flexibility index (Phi) is 11.6. The van der Waals surface area contributed by atoms with Gasteiger partial charge >= 0.3 is 6.09 Å². The van der Waals surface area contributed by atoms with Gasteiger partial charge < -0.3 is 44.0 Å². The van der Waals surface area contributed by atoms with Crippen molar-refractivity contribution in [1.29, 1.82) is 0 Å². The summed E-state index contributed by atoms with van der Waals surface area (Å²) in [6.45, 7) is 3.40. The zero-order valence-corrected chi connectivity index (χ0v) is 32.7. The number of imidazole rings is 2. The molecule has 0 aliphatic carbocycles. The number of methoxy groups -OCH3 is 2. The molecule has 5 atom stereocenters. The van der Waals surface area contributed by atoms with Crippen molar-refractivity contribution in [2.24, 2.45) is 0 Å². The van der Waals surface area contributed by atoms with Crippen LogP contribution in [0.1, 0.15) is 56.3 Å². The van der Waals surface area contributed by atoms with E-state index in [-0.39, 0.29) is 43.3 Å². The second-order valence-corrected chi connectivity index (χ2v) is 14.7. The summed E-state index contributed by atoms with van der Waals surface area (Å²) in [6.07, 6.45) is 8.54.